The van der Waals surface area contributed by atoms with Crippen LogP contribution >= 0.6 is 11.8 Å². The molecule has 0 saturated carbocycles. The number of nitrogens with zero attached hydrogens (tertiary/aromatic N) is 3. The molecule has 2 aromatic heterocycles. The first-order valence-corrected chi connectivity index (χ1v) is 8.88. The Labute approximate surface area is 149 Å². The van der Waals surface area contributed by atoms with E-state index in [1.807, 2.05) is 59.1 Å². The van der Waals surface area contributed by atoms with E-state index in [0.717, 1.165) is 11.2 Å². The third kappa shape index (κ3) is 4.45. The van der Waals surface area contributed by atoms with E-state index in [1.165, 1.54) is 18.7 Å². The van der Waals surface area contributed by atoms with Gasteiger partial charge in [0.1, 0.15) is 0 Å². The van der Waals surface area contributed by atoms with Gasteiger partial charge in [-0.1, -0.05) is 48.2 Å². The molecule has 6 nitrogen and oxygen atoms in total. The van der Waals surface area contributed by atoms with Crippen LogP contribution in [0.25, 0.3) is 5.65 Å². The van der Waals surface area contributed by atoms with Crippen molar-refractivity contribution in [3.63, 3.8) is 0 Å². The average molecular weight is 354 g/mol. The molecule has 0 bridgehead atoms. The van der Waals surface area contributed by atoms with Gasteiger partial charge in [0.25, 0.3) is 0 Å². The van der Waals surface area contributed by atoms with Gasteiger partial charge < -0.3 is 5.32 Å². The second-order valence-corrected chi connectivity index (χ2v) is 6.56. The van der Waals surface area contributed by atoms with Crippen molar-refractivity contribution in [3.8, 4) is 0 Å². The Hall–Kier alpha value is -2.67. The number of thioether (sulfide) groups is 1. The number of aromatic nitrogens is 3. The Balaban J connectivity index is 1.59. The lowest BCUT2D eigenvalue weighted by Gasteiger charge is -2.15. The molecule has 3 rings (SSSR count). The van der Waals surface area contributed by atoms with Gasteiger partial charge in [0.05, 0.1) is 11.8 Å². The number of nitrogens with one attached hydrogen (secondary N) is 1. The van der Waals surface area contributed by atoms with E-state index in [2.05, 4.69) is 15.5 Å². The first kappa shape index (κ1) is 17.2. The second-order valence-electron chi connectivity index (χ2n) is 5.62. The Morgan fingerprint density at radius 1 is 1.12 bits per heavy atom. The van der Waals surface area contributed by atoms with Gasteiger partial charge in [-0.05, 0) is 31.0 Å². The SMILES string of the molecule is CC(=O)[C@H](Cc1ccccc1)NC(=O)CSc1nnc2ccccn12. The number of hydrogen-bond donors (Lipinski definition) is 1. The van der Waals surface area contributed by atoms with Crippen molar-refractivity contribution in [2.75, 3.05) is 5.75 Å². The van der Waals surface area contributed by atoms with Crippen molar-refractivity contribution in [1.82, 2.24) is 19.9 Å². The molecule has 25 heavy (non-hydrogen) atoms. The standard InChI is InChI=1S/C18H18N4O2S/c1-13(23)15(11-14-7-3-2-4-8-14)19-17(24)12-25-18-21-20-16-9-5-6-10-22(16)18/h2-10,15H,11-12H2,1H3,(H,19,24)/t15-/m0/s1. The monoisotopic (exact) mass is 354 g/mol. The third-order valence-corrected chi connectivity index (χ3v) is 4.67. The zero-order chi connectivity index (χ0) is 17.6. The Bertz CT molecular complexity index is 879. The topological polar surface area (TPSA) is 76.4 Å². The number of carbonyl (C=O) groups excluding carboxylic acids is 2. The van der Waals surface area contributed by atoms with Crippen molar-refractivity contribution < 1.29 is 9.59 Å². The lowest BCUT2D eigenvalue weighted by molar-refractivity contribution is -0.125. The van der Waals surface area contributed by atoms with E-state index in [4.69, 9.17) is 0 Å². The summed E-state index contributed by atoms with van der Waals surface area (Å²) in [5, 5.41) is 11.6. The number of Topliss-reactive ketones (excluding diaryl/α,β-unsaturated/α-hetero) is 1. The van der Waals surface area contributed by atoms with Crippen molar-refractivity contribution >= 4 is 29.1 Å². The van der Waals surface area contributed by atoms with Crippen molar-refractivity contribution in [1.29, 1.82) is 0 Å². The van der Waals surface area contributed by atoms with Gasteiger partial charge in [-0.2, -0.15) is 0 Å². The van der Waals surface area contributed by atoms with Gasteiger partial charge in [-0.3, -0.25) is 14.0 Å². The van der Waals surface area contributed by atoms with Crippen LogP contribution in [-0.4, -0.2) is 38.1 Å². The van der Waals surface area contributed by atoms with Crippen LogP contribution in [-0.2, 0) is 16.0 Å². The van der Waals surface area contributed by atoms with Gasteiger partial charge in [0.15, 0.2) is 16.6 Å². The highest BCUT2D eigenvalue weighted by Crippen LogP contribution is 2.16. The summed E-state index contributed by atoms with van der Waals surface area (Å²) in [6, 6.07) is 14.7. The Kier molecular flexibility index (Phi) is 5.45. The molecule has 0 aliphatic rings. The predicted molar refractivity (Wildman–Crippen MR) is 96.5 cm³/mol. The number of ketones is 1. The number of rotatable bonds is 7. The smallest absolute Gasteiger partial charge is 0.231 e. The minimum absolute atomic E-state index is 0.0601. The number of pyridine rings is 1. The van der Waals surface area contributed by atoms with E-state index in [1.54, 1.807) is 0 Å². The predicted octanol–water partition coefficient (Wildman–Crippen LogP) is 2.14. The van der Waals surface area contributed by atoms with Gasteiger partial charge in [-0.25, -0.2) is 0 Å². The number of fused-ring (bicyclic) bond motifs is 1. The van der Waals surface area contributed by atoms with Crippen LogP contribution in [0.1, 0.15) is 12.5 Å². The molecule has 128 valence electrons. The summed E-state index contributed by atoms with van der Waals surface area (Å²) in [7, 11) is 0. The molecule has 0 saturated heterocycles. The highest BCUT2D eigenvalue weighted by molar-refractivity contribution is 7.99. The molecular weight excluding hydrogens is 336 g/mol. The van der Waals surface area contributed by atoms with Crippen LogP contribution in [0.4, 0.5) is 0 Å². The van der Waals surface area contributed by atoms with Crippen molar-refractivity contribution in [2.45, 2.75) is 24.5 Å². The molecule has 0 radical (unpaired) electrons. The molecule has 0 fully saturated rings. The Morgan fingerprint density at radius 2 is 1.88 bits per heavy atom. The fourth-order valence-electron chi connectivity index (χ4n) is 2.43. The van der Waals surface area contributed by atoms with Crippen LogP contribution in [0.5, 0.6) is 0 Å². The molecule has 0 spiro atoms. The summed E-state index contributed by atoms with van der Waals surface area (Å²) < 4.78 is 1.82. The maximum atomic E-state index is 12.2. The molecule has 7 heteroatoms. The van der Waals surface area contributed by atoms with Crippen LogP contribution in [0, 0.1) is 0 Å². The summed E-state index contributed by atoms with van der Waals surface area (Å²) in [6.45, 7) is 1.49. The van der Waals surface area contributed by atoms with Crippen LogP contribution in [0.2, 0.25) is 0 Å². The highest BCUT2D eigenvalue weighted by Gasteiger charge is 2.18. The maximum Gasteiger partial charge on any atom is 0.231 e. The number of benzene rings is 1. The summed E-state index contributed by atoms with van der Waals surface area (Å²) in [5.74, 6) is -0.0854. The first-order chi connectivity index (χ1) is 12.1. The zero-order valence-corrected chi connectivity index (χ0v) is 14.6. The summed E-state index contributed by atoms with van der Waals surface area (Å²) >= 11 is 1.29. The maximum absolute atomic E-state index is 12.2. The average Bonchev–Trinajstić information content (AvgIpc) is 3.03. The van der Waals surface area contributed by atoms with Crippen molar-refractivity contribution in [2.24, 2.45) is 0 Å². The number of carbonyl (C=O) groups is 2. The van der Waals surface area contributed by atoms with E-state index in [9.17, 15) is 9.59 Å². The molecule has 3 aromatic rings. The third-order valence-electron chi connectivity index (χ3n) is 3.72. The van der Waals surface area contributed by atoms with E-state index in [0.29, 0.717) is 11.6 Å². The fraction of sp³-hybridized carbons (Fsp3) is 0.222. The van der Waals surface area contributed by atoms with E-state index in [-0.39, 0.29) is 17.4 Å². The minimum Gasteiger partial charge on any atom is -0.345 e. The summed E-state index contributed by atoms with van der Waals surface area (Å²) in [6.07, 6.45) is 2.34. The van der Waals surface area contributed by atoms with Gasteiger partial charge in [0.2, 0.25) is 5.91 Å². The minimum atomic E-state index is -0.523. The second kappa shape index (κ2) is 7.94. The van der Waals surface area contributed by atoms with Gasteiger partial charge in [0, 0.05) is 6.20 Å². The summed E-state index contributed by atoms with van der Waals surface area (Å²) in [4.78, 5) is 24.1. The molecule has 2 heterocycles. The molecule has 1 aromatic carbocycles. The number of hydrogen-bond acceptors (Lipinski definition) is 5. The Morgan fingerprint density at radius 3 is 2.64 bits per heavy atom. The molecular formula is C18H18N4O2S. The van der Waals surface area contributed by atoms with Gasteiger partial charge >= 0.3 is 0 Å². The van der Waals surface area contributed by atoms with Crippen LogP contribution in [0.15, 0.2) is 59.9 Å². The number of amides is 1. The molecule has 1 atom stereocenters. The molecule has 0 aliphatic heterocycles. The molecule has 1 amide bonds. The lowest BCUT2D eigenvalue weighted by atomic mass is 10.0. The first-order valence-electron chi connectivity index (χ1n) is 7.90. The largest absolute Gasteiger partial charge is 0.345 e. The lowest BCUT2D eigenvalue weighted by Crippen LogP contribution is -2.42. The van der Waals surface area contributed by atoms with Gasteiger partial charge in [-0.15, -0.1) is 10.2 Å². The normalized spacial score (nSPS) is 12.0. The van der Waals surface area contributed by atoms with Crippen molar-refractivity contribution in [3.05, 3.63) is 60.3 Å². The fourth-order valence-corrected chi connectivity index (χ4v) is 3.17. The molecule has 0 unspecified atom stereocenters. The highest BCUT2D eigenvalue weighted by atomic mass is 32.2. The van der Waals surface area contributed by atoms with E-state index < -0.39 is 6.04 Å². The molecule has 0 aliphatic carbocycles. The van der Waals surface area contributed by atoms with Crippen LogP contribution < -0.4 is 5.32 Å². The zero-order valence-electron chi connectivity index (χ0n) is 13.8. The quantitative estimate of drug-likeness (QED) is 0.658. The van der Waals surface area contributed by atoms with Crippen LogP contribution in [0.3, 0.4) is 0 Å². The molecule has 1 N–H and O–H groups in total. The summed E-state index contributed by atoms with van der Waals surface area (Å²) in [5.41, 5.74) is 1.75. The van der Waals surface area contributed by atoms with E-state index >= 15 is 0 Å².